The molecule has 0 fully saturated rings. The summed E-state index contributed by atoms with van der Waals surface area (Å²) in [7, 11) is 4.04. The molecule has 0 aromatic heterocycles. The van der Waals surface area contributed by atoms with Gasteiger partial charge in [-0.15, -0.1) is 0 Å². The van der Waals surface area contributed by atoms with Gasteiger partial charge in [0.15, 0.2) is 0 Å². The molecule has 18 heavy (non-hydrogen) atoms. The minimum atomic E-state index is -2.78. The van der Waals surface area contributed by atoms with Crippen LogP contribution in [0.3, 0.4) is 0 Å². The second-order valence-electron chi connectivity index (χ2n) is 4.32. The molecule has 1 aromatic rings. The Morgan fingerprint density at radius 2 is 2.00 bits per heavy atom. The van der Waals surface area contributed by atoms with E-state index in [1.165, 1.54) is 0 Å². The van der Waals surface area contributed by atoms with Crippen molar-refractivity contribution in [2.45, 2.75) is 19.6 Å². The van der Waals surface area contributed by atoms with E-state index in [1.807, 2.05) is 20.2 Å². The van der Waals surface area contributed by atoms with Crippen molar-refractivity contribution < 1.29 is 13.5 Å². The van der Waals surface area contributed by atoms with Gasteiger partial charge in [-0.05, 0) is 39.7 Å². The van der Waals surface area contributed by atoms with Gasteiger partial charge in [0.05, 0.1) is 0 Å². The zero-order valence-corrected chi connectivity index (χ0v) is 10.8. The van der Waals surface area contributed by atoms with Gasteiger partial charge in [-0.2, -0.15) is 8.78 Å². The minimum absolute atomic E-state index is 0.243. The van der Waals surface area contributed by atoms with E-state index in [1.54, 1.807) is 18.2 Å². The number of ether oxygens (including phenoxy) is 1. The topological polar surface area (TPSA) is 24.5 Å². The van der Waals surface area contributed by atoms with Gasteiger partial charge in [-0.25, -0.2) is 0 Å². The number of nitrogens with zero attached hydrogens (tertiary/aromatic N) is 1. The Morgan fingerprint density at radius 3 is 2.67 bits per heavy atom. The van der Waals surface area contributed by atoms with E-state index >= 15 is 0 Å². The van der Waals surface area contributed by atoms with Crippen LogP contribution in [0.1, 0.15) is 12.0 Å². The van der Waals surface area contributed by atoms with Gasteiger partial charge in [0.2, 0.25) is 0 Å². The minimum Gasteiger partial charge on any atom is -0.434 e. The molecule has 0 amide bonds. The highest BCUT2D eigenvalue weighted by molar-refractivity contribution is 5.33. The predicted molar refractivity (Wildman–Crippen MR) is 68.0 cm³/mol. The van der Waals surface area contributed by atoms with E-state index < -0.39 is 6.61 Å². The smallest absolute Gasteiger partial charge is 0.387 e. The summed E-state index contributed by atoms with van der Waals surface area (Å²) in [6.07, 6.45) is 1.02. The van der Waals surface area contributed by atoms with Gasteiger partial charge >= 0.3 is 6.61 Å². The lowest BCUT2D eigenvalue weighted by Crippen LogP contribution is -2.21. The Hall–Kier alpha value is -1.20. The zero-order chi connectivity index (χ0) is 13.4. The van der Waals surface area contributed by atoms with E-state index in [4.69, 9.17) is 0 Å². The zero-order valence-electron chi connectivity index (χ0n) is 10.8. The van der Waals surface area contributed by atoms with Crippen LogP contribution >= 0.6 is 0 Å². The van der Waals surface area contributed by atoms with Crippen molar-refractivity contribution in [3.05, 3.63) is 29.8 Å². The summed E-state index contributed by atoms with van der Waals surface area (Å²) in [5.74, 6) is 0.243. The molecular weight excluding hydrogens is 238 g/mol. The Labute approximate surface area is 107 Å². The molecule has 0 atom stereocenters. The normalized spacial score (nSPS) is 11.2. The van der Waals surface area contributed by atoms with Crippen molar-refractivity contribution in [3.8, 4) is 5.75 Å². The monoisotopic (exact) mass is 258 g/mol. The Balaban J connectivity index is 2.37. The highest BCUT2D eigenvalue weighted by Crippen LogP contribution is 2.19. The summed E-state index contributed by atoms with van der Waals surface area (Å²) in [6.45, 7) is -0.389. The van der Waals surface area contributed by atoms with E-state index in [0.29, 0.717) is 6.54 Å². The number of halogens is 2. The summed E-state index contributed by atoms with van der Waals surface area (Å²) in [6, 6.07) is 6.85. The molecule has 1 N–H and O–H groups in total. The SMILES string of the molecule is CN(C)CCCNCc1ccccc1OC(F)F. The third kappa shape index (κ3) is 5.93. The van der Waals surface area contributed by atoms with E-state index in [9.17, 15) is 8.78 Å². The van der Waals surface area contributed by atoms with Crippen molar-refractivity contribution >= 4 is 0 Å². The second-order valence-corrected chi connectivity index (χ2v) is 4.32. The van der Waals surface area contributed by atoms with Crippen LogP contribution in [-0.2, 0) is 6.54 Å². The summed E-state index contributed by atoms with van der Waals surface area (Å²) in [4.78, 5) is 2.11. The van der Waals surface area contributed by atoms with E-state index in [2.05, 4.69) is 15.0 Å². The second kappa shape index (κ2) is 8.00. The summed E-state index contributed by atoms with van der Waals surface area (Å²) >= 11 is 0. The molecule has 0 bridgehead atoms. The average Bonchev–Trinajstić information content (AvgIpc) is 2.29. The number of benzene rings is 1. The molecule has 5 heteroatoms. The molecular formula is C13H20F2N2O. The maximum atomic E-state index is 12.2. The van der Waals surface area contributed by atoms with Crippen LogP contribution in [-0.4, -0.2) is 38.7 Å². The first-order valence-electron chi connectivity index (χ1n) is 5.97. The molecule has 0 heterocycles. The van der Waals surface area contributed by atoms with Crippen LogP contribution in [0, 0.1) is 0 Å². The first-order valence-corrected chi connectivity index (χ1v) is 5.97. The van der Waals surface area contributed by atoms with Crippen molar-refractivity contribution in [1.29, 1.82) is 0 Å². The fraction of sp³-hybridized carbons (Fsp3) is 0.538. The maximum absolute atomic E-state index is 12.2. The highest BCUT2D eigenvalue weighted by Gasteiger charge is 2.08. The molecule has 0 unspecified atom stereocenters. The van der Waals surface area contributed by atoms with Gasteiger partial charge in [-0.3, -0.25) is 0 Å². The average molecular weight is 258 g/mol. The molecule has 1 aromatic carbocycles. The van der Waals surface area contributed by atoms with Crippen LogP contribution in [0.4, 0.5) is 8.78 Å². The third-order valence-electron chi connectivity index (χ3n) is 2.46. The first kappa shape index (κ1) is 14.9. The molecule has 0 spiro atoms. The molecule has 0 saturated heterocycles. The summed E-state index contributed by atoms with van der Waals surface area (Å²) in [5, 5.41) is 3.22. The van der Waals surface area contributed by atoms with Crippen LogP contribution in [0.2, 0.25) is 0 Å². The van der Waals surface area contributed by atoms with Gasteiger partial charge < -0.3 is 15.0 Å². The lowest BCUT2D eigenvalue weighted by Gasteiger charge is -2.12. The largest absolute Gasteiger partial charge is 0.434 e. The van der Waals surface area contributed by atoms with Crippen LogP contribution in [0.5, 0.6) is 5.75 Å². The molecule has 0 radical (unpaired) electrons. The van der Waals surface area contributed by atoms with Crippen molar-refractivity contribution in [2.75, 3.05) is 27.2 Å². The number of alkyl halides is 2. The molecule has 0 aliphatic heterocycles. The Bertz CT molecular complexity index is 346. The molecule has 0 aliphatic rings. The molecule has 102 valence electrons. The predicted octanol–water partition coefficient (Wildman–Crippen LogP) is 2.33. The number of hydrogen-bond donors (Lipinski definition) is 1. The lowest BCUT2D eigenvalue weighted by atomic mass is 10.2. The van der Waals surface area contributed by atoms with Gasteiger partial charge in [0.25, 0.3) is 0 Å². The fourth-order valence-corrected chi connectivity index (χ4v) is 1.60. The van der Waals surface area contributed by atoms with Crippen LogP contribution in [0.15, 0.2) is 24.3 Å². The standard InChI is InChI=1S/C13H20F2N2O/c1-17(2)9-5-8-16-10-11-6-3-4-7-12(11)18-13(14)15/h3-4,6-7,13,16H,5,8-10H2,1-2H3. The summed E-state index contributed by atoms with van der Waals surface area (Å²) in [5.41, 5.74) is 0.752. The van der Waals surface area contributed by atoms with Crippen molar-refractivity contribution in [3.63, 3.8) is 0 Å². The molecule has 0 aliphatic carbocycles. The highest BCUT2D eigenvalue weighted by atomic mass is 19.3. The van der Waals surface area contributed by atoms with Gasteiger partial charge in [0.1, 0.15) is 5.75 Å². The fourth-order valence-electron chi connectivity index (χ4n) is 1.60. The number of rotatable bonds is 8. The van der Waals surface area contributed by atoms with Crippen LogP contribution in [0.25, 0.3) is 0 Å². The van der Waals surface area contributed by atoms with Crippen molar-refractivity contribution in [1.82, 2.24) is 10.2 Å². The quantitative estimate of drug-likeness (QED) is 0.724. The van der Waals surface area contributed by atoms with Gasteiger partial charge in [-0.1, -0.05) is 18.2 Å². The number of para-hydroxylation sites is 1. The number of hydrogen-bond acceptors (Lipinski definition) is 3. The molecule has 3 nitrogen and oxygen atoms in total. The summed E-state index contributed by atoms with van der Waals surface area (Å²) < 4.78 is 28.8. The van der Waals surface area contributed by atoms with Gasteiger partial charge in [0, 0.05) is 12.1 Å². The van der Waals surface area contributed by atoms with E-state index in [-0.39, 0.29) is 5.75 Å². The first-order chi connectivity index (χ1) is 8.59. The molecule has 0 saturated carbocycles. The number of nitrogens with one attached hydrogen (secondary N) is 1. The Kier molecular flexibility index (Phi) is 6.60. The lowest BCUT2D eigenvalue weighted by molar-refractivity contribution is -0.0504. The Morgan fingerprint density at radius 1 is 1.28 bits per heavy atom. The van der Waals surface area contributed by atoms with Crippen molar-refractivity contribution in [2.24, 2.45) is 0 Å². The molecule has 1 rings (SSSR count). The maximum Gasteiger partial charge on any atom is 0.387 e. The third-order valence-corrected chi connectivity index (χ3v) is 2.46. The van der Waals surface area contributed by atoms with E-state index in [0.717, 1.165) is 25.1 Å². The van der Waals surface area contributed by atoms with Crippen LogP contribution < -0.4 is 10.1 Å².